The Balaban J connectivity index is 2.04. The Kier molecular flexibility index (Phi) is 8.15. The number of rotatable bonds is 9. The van der Waals surface area contributed by atoms with Gasteiger partial charge in [0, 0.05) is 12.1 Å². The molecule has 6 nitrogen and oxygen atoms in total. The van der Waals surface area contributed by atoms with Crippen LogP contribution in [0.1, 0.15) is 62.8 Å². The van der Waals surface area contributed by atoms with Crippen LogP contribution in [-0.4, -0.2) is 59.9 Å². The average Bonchev–Trinajstić information content (AvgIpc) is 3.03. The number of amides is 1. The van der Waals surface area contributed by atoms with E-state index in [1.54, 1.807) is 29.2 Å². The van der Waals surface area contributed by atoms with E-state index in [0.717, 1.165) is 18.5 Å². The van der Waals surface area contributed by atoms with Crippen molar-refractivity contribution in [2.45, 2.75) is 52.2 Å². The molecule has 0 aromatic heterocycles. The van der Waals surface area contributed by atoms with Gasteiger partial charge in [-0.05, 0) is 82.2 Å². The molecule has 1 N–H and O–H groups in total. The predicted octanol–water partition coefficient (Wildman–Crippen LogP) is 4.97. The number of likely N-dealkylation sites (tertiary alicyclic amines) is 1. The van der Waals surface area contributed by atoms with Gasteiger partial charge in [-0.15, -0.1) is 0 Å². The van der Waals surface area contributed by atoms with Gasteiger partial charge in [0.15, 0.2) is 0 Å². The molecule has 0 aliphatic carbocycles. The molecule has 1 aliphatic rings. The molecule has 0 bridgehead atoms. The zero-order chi connectivity index (χ0) is 25.0. The Morgan fingerprint density at radius 1 is 1.00 bits per heavy atom. The van der Waals surface area contributed by atoms with Gasteiger partial charge in [-0.2, -0.15) is 0 Å². The van der Waals surface area contributed by atoms with Crippen molar-refractivity contribution in [3.63, 3.8) is 0 Å². The van der Waals surface area contributed by atoms with Crippen LogP contribution < -0.4 is 4.74 Å². The van der Waals surface area contributed by atoms with Gasteiger partial charge >= 0.3 is 0 Å². The van der Waals surface area contributed by atoms with Gasteiger partial charge in [0.05, 0.1) is 17.7 Å². The quantitative estimate of drug-likeness (QED) is 0.322. The average molecular weight is 465 g/mol. The van der Waals surface area contributed by atoms with E-state index >= 15 is 0 Å². The van der Waals surface area contributed by atoms with Crippen molar-refractivity contribution in [2.24, 2.45) is 0 Å². The number of hydrogen-bond acceptors (Lipinski definition) is 5. The first-order valence-electron chi connectivity index (χ1n) is 11.9. The molecule has 1 atom stereocenters. The van der Waals surface area contributed by atoms with Gasteiger partial charge in [0.2, 0.25) is 0 Å². The number of carbonyl (C=O) groups excluding carboxylic acids is 2. The molecule has 2 aromatic rings. The number of aliphatic hydroxyl groups excluding tert-OH is 1. The highest BCUT2D eigenvalue weighted by atomic mass is 16.5. The van der Waals surface area contributed by atoms with Crippen molar-refractivity contribution in [3.05, 3.63) is 70.8 Å². The van der Waals surface area contributed by atoms with Crippen molar-refractivity contribution in [2.75, 3.05) is 27.2 Å². The molecule has 0 unspecified atom stereocenters. The number of nitrogens with zero attached hydrogens (tertiary/aromatic N) is 2. The lowest BCUT2D eigenvalue weighted by molar-refractivity contribution is -0.139. The van der Waals surface area contributed by atoms with E-state index in [-0.39, 0.29) is 17.4 Å². The highest BCUT2D eigenvalue weighted by Gasteiger charge is 2.45. The van der Waals surface area contributed by atoms with E-state index in [1.807, 2.05) is 57.1 Å². The summed E-state index contributed by atoms with van der Waals surface area (Å²) in [5.74, 6) is -0.341. The molecular weight excluding hydrogens is 428 g/mol. The molecule has 1 fully saturated rings. The summed E-state index contributed by atoms with van der Waals surface area (Å²) in [5.41, 5.74) is 2.60. The second-order valence-corrected chi connectivity index (χ2v) is 9.66. The molecule has 2 aromatic carbocycles. The summed E-state index contributed by atoms with van der Waals surface area (Å²) < 4.78 is 5.68. The molecule has 1 heterocycles. The summed E-state index contributed by atoms with van der Waals surface area (Å²) >= 11 is 0. The third-order valence-electron chi connectivity index (χ3n) is 5.96. The molecule has 182 valence electrons. The first kappa shape index (κ1) is 25.5. The summed E-state index contributed by atoms with van der Waals surface area (Å²) in [5, 5.41) is 11.2. The highest BCUT2D eigenvalue weighted by Crippen LogP contribution is 2.40. The number of ketones is 1. The van der Waals surface area contributed by atoms with Crippen LogP contribution in [0, 0.1) is 0 Å². The number of Topliss-reactive ketones (excluding diaryl/α,β-unsaturated/α-hetero) is 1. The zero-order valence-electron chi connectivity index (χ0n) is 21.0. The molecule has 34 heavy (non-hydrogen) atoms. The first-order valence-corrected chi connectivity index (χ1v) is 11.9. The molecule has 1 aliphatic heterocycles. The molecule has 1 amide bonds. The summed E-state index contributed by atoms with van der Waals surface area (Å²) in [6.07, 6.45) is 0.753. The van der Waals surface area contributed by atoms with E-state index in [1.165, 1.54) is 5.56 Å². The minimum absolute atomic E-state index is 0.0285. The van der Waals surface area contributed by atoms with Crippen molar-refractivity contribution in [3.8, 4) is 5.75 Å². The Morgan fingerprint density at radius 2 is 1.62 bits per heavy atom. The van der Waals surface area contributed by atoms with Crippen LogP contribution in [-0.2, 0) is 9.59 Å². The fourth-order valence-corrected chi connectivity index (χ4v) is 4.20. The Bertz CT molecular complexity index is 1040. The van der Waals surface area contributed by atoms with Crippen LogP contribution in [0.15, 0.2) is 54.1 Å². The van der Waals surface area contributed by atoms with Gasteiger partial charge in [-0.3, -0.25) is 9.59 Å². The predicted molar refractivity (Wildman–Crippen MR) is 135 cm³/mol. The lowest BCUT2D eigenvalue weighted by Gasteiger charge is -2.26. The zero-order valence-corrected chi connectivity index (χ0v) is 21.0. The smallest absolute Gasteiger partial charge is 0.295 e. The van der Waals surface area contributed by atoms with E-state index < -0.39 is 17.7 Å². The first-order chi connectivity index (χ1) is 16.1. The molecule has 1 saturated heterocycles. The lowest BCUT2D eigenvalue weighted by atomic mass is 9.93. The second kappa shape index (κ2) is 10.9. The fraction of sp³-hybridized carbons (Fsp3) is 0.429. The van der Waals surface area contributed by atoms with Crippen LogP contribution >= 0.6 is 0 Å². The van der Waals surface area contributed by atoms with Crippen molar-refractivity contribution in [1.29, 1.82) is 0 Å². The topological polar surface area (TPSA) is 70.1 Å². The Hall–Kier alpha value is -3.12. The summed E-state index contributed by atoms with van der Waals surface area (Å²) in [6.45, 7) is 9.34. The Labute approximate surface area is 202 Å². The minimum atomic E-state index is -0.650. The monoisotopic (exact) mass is 464 g/mol. The Morgan fingerprint density at radius 3 is 2.15 bits per heavy atom. The summed E-state index contributed by atoms with van der Waals surface area (Å²) in [4.78, 5) is 29.9. The van der Waals surface area contributed by atoms with Crippen LogP contribution in [0.3, 0.4) is 0 Å². The molecular formula is C28H36N2O4. The minimum Gasteiger partial charge on any atom is -0.507 e. The van der Waals surface area contributed by atoms with Crippen molar-refractivity contribution >= 4 is 17.4 Å². The largest absolute Gasteiger partial charge is 0.507 e. The number of aliphatic hydroxyl groups is 1. The lowest BCUT2D eigenvalue weighted by Crippen LogP contribution is -2.32. The van der Waals surface area contributed by atoms with E-state index in [4.69, 9.17) is 4.74 Å². The van der Waals surface area contributed by atoms with Gasteiger partial charge in [-0.25, -0.2) is 0 Å². The molecule has 0 spiro atoms. The third-order valence-corrected chi connectivity index (χ3v) is 5.96. The normalized spacial score (nSPS) is 17.9. The van der Waals surface area contributed by atoms with Gasteiger partial charge in [-0.1, -0.05) is 38.1 Å². The molecule has 6 heteroatoms. The van der Waals surface area contributed by atoms with E-state index in [9.17, 15) is 14.7 Å². The SMILES string of the molecule is CC(C)Oc1ccc(/C(O)=C2\C(=O)C(=O)N(CCCN(C)C)[C@H]2c2ccc(C(C)C)cc2)cc1. The maximum Gasteiger partial charge on any atom is 0.295 e. The maximum atomic E-state index is 13.2. The molecule has 0 radical (unpaired) electrons. The van der Waals surface area contributed by atoms with Crippen LogP contribution in [0.5, 0.6) is 5.75 Å². The van der Waals surface area contributed by atoms with Crippen LogP contribution in [0.4, 0.5) is 0 Å². The number of ether oxygens (including phenoxy) is 1. The van der Waals surface area contributed by atoms with Crippen LogP contribution in [0.25, 0.3) is 5.76 Å². The maximum absolute atomic E-state index is 13.2. The highest BCUT2D eigenvalue weighted by molar-refractivity contribution is 6.46. The molecule has 0 saturated carbocycles. The molecule has 3 rings (SSSR count). The summed E-state index contributed by atoms with van der Waals surface area (Å²) in [7, 11) is 3.95. The number of benzene rings is 2. The van der Waals surface area contributed by atoms with Gasteiger partial charge in [0.1, 0.15) is 11.5 Å². The second-order valence-electron chi connectivity index (χ2n) is 9.66. The van der Waals surface area contributed by atoms with Gasteiger partial charge in [0.25, 0.3) is 11.7 Å². The van der Waals surface area contributed by atoms with E-state index in [2.05, 4.69) is 13.8 Å². The third kappa shape index (κ3) is 5.68. The standard InChI is InChI=1S/C28H36N2O4/c1-18(2)20-8-10-21(11-9-20)25-24(27(32)28(33)30(25)17-7-16-29(5)6)26(31)22-12-14-23(15-13-22)34-19(3)4/h8-15,18-19,25,31H,7,16-17H2,1-6H3/b26-24+/t25-/m0/s1. The number of hydrogen-bond donors (Lipinski definition) is 1. The van der Waals surface area contributed by atoms with Crippen molar-refractivity contribution < 1.29 is 19.4 Å². The fourth-order valence-electron chi connectivity index (χ4n) is 4.20. The van der Waals surface area contributed by atoms with Crippen LogP contribution in [0.2, 0.25) is 0 Å². The van der Waals surface area contributed by atoms with Crippen molar-refractivity contribution in [1.82, 2.24) is 9.80 Å². The van der Waals surface area contributed by atoms with E-state index in [0.29, 0.717) is 23.8 Å². The summed E-state index contributed by atoms with van der Waals surface area (Å²) in [6, 6.07) is 14.3. The number of carbonyl (C=O) groups is 2. The van der Waals surface area contributed by atoms with Gasteiger partial charge < -0.3 is 19.6 Å².